The molecule has 10 heteroatoms. The average Bonchev–Trinajstić information content (AvgIpc) is 3.07. The van der Waals surface area contributed by atoms with Crippen molar-refractivity contribution in [2.75, 3.05) is 11.1 Å². The summed E-state index contributed by atoms with van der Waals surface area (Å²) in [5.41, 5.74) is 1.43. The highest BCUT2D eigenvalue weighted by atomic mass is 35.5. The predicted molar refractivity (Wildman–Crippen MR) is 119 cm³/mol. The van der Waals surface area contributed by atoms with E-state index in [-0.39, 0.29) is 24.1 Å². The molecule has 3 rings (SSSR count). The molecule has 1 heterocycles. The number of carbonyl (C=O) groups excluding carboxylic acids is 2. The van der Waals surface area contributed by atoms with Crippen LogP contribution in [-0.4, -0.2) is 32.3 Å². The van der Waals surface area contributed by atoms with Crippen LogP contribution in [0.3, 0.4) is 0 Å². The molecule has 0 fully saturated rings. The van der Waals surface area contributed by atoms with Crippen LogP contribution >= 0.6 is 35.0 Å². The fourth-order valence-electron chi connectivity index (χ4n) is 2.55. The maximum atomic E-state index is 12.2. The molecule has 0 aliphatic heterocycles. The summed E-state index contributed by atoms with van der Waals surface area (Å²) in [7, 11) is 1.79. The fraction of sp³-hybridized carbons (Fsp3) is 0.200. The first-order chi connectivity index (χ1) is 14.4. The van der Waals surface area contributed by atoms with E-state index in [1.165, 1.54) is 11.8 Å². The van der Waals surface area contributed by atoms with E-state index in [1.807, 2.05) is 30.3 Å². The summed E-state index contributed by atoms with van der Waals surface area (Å²) in [5, 5.41) is 15.2. The molecular formula is C20H19Cl2N5O2S. The maximum absolute atomic E-state index is 12.2. The Kier molecular flexibility index (Phi) is 7.73. The lowest BCUT2D eigenvalue weighted by Crippen LogP contribution is -2.26. The summed E-state index contributed by atoms with van der Waals surface area (Å²) in [6.45, 7) is 0.252. The third-order valence-corrected chi connectivity index (χ3v) is 5.68. The largest absolute Gasteiger partial charge is 0.349 e. The van der Waals surface area contributed by atoms with Crippen molar-refractivity contribution in [1.82, 2.24) is 20.1 Å². The quantitative estimate of drug-likeness (QED) is 0.497. The number of nitrogens with one attached hydrogen (secondary N) is 2. The Labute approximate surface area is 188 Å². The van der Waals surface area contributed by atoms with Gasteiger partial charge in [-0.1, -0.05) is 65.3 Å². The SMILES string of the molecule is Cn1c(CNC(=O)Cc2ccccc2)nnc1SCC(=O)Nc1ccc(Cl)cc1Cl. The molecule has 0 saturated carbocycles. The Hall–Kier alpha value is -2.55. The second-order valence-corrected chi connectivity index (χ2v) is 8.14. The second-order valence-electron chi connectivity index (χ2n) is 6.36. The summed E-state index contributed by atoms with van der Waals surface area (Å²) < 4.78 is 1.75. The third-order valence-electron chi connectivity index (χ3n) is 4.11. The highest BCUT2D eigenvalue weighted by Crippen LogP contribution is 2.25. The first-order valence-electron chi connectivity index (χ1n) is 8.99. The van der Waals surface area contributed by atoms with Gasteiger partial charge in [0.2, 0.25) is 11.8 Å². The Morgan fingerprint density at radius 2 is 1.83 bits per heavy atom. The van der Waals surface area contributed by atoms with Crippen molar-refractivity contribution in [1.29, 1.82) is 0 Å². The Morgan fingerprint density at radius 1 is 1.07 bits per heavy atom. The van der Waals surface area contributed by atoms with Gasteiger partial charge in [-0.3, -0.25) is 9.59 Å². The zero-order chi connectivity index (χ0) is 21.5. The molecule has 0 aliphatic rings. The van der Waals surface area contributed by atoms with Crippen LogP contribution in [0.5, 0.6) is 0 Å². The third kappa shape index (κ3) is 6.22. The molecule has 156 valence electrons. The monoisotopic (exact) mass is 463 g/mol. The van der Waals surface area contributed by atoms with E-state index < -0.39 is 0 Å². The number of nitrogens with zero attached hydrogens (tertiary/aromatic N) is 3. The lowest BCUT2D eigenvalue weighted by Gasteiger charge is -2.08. The van der Waals surface area contributed by atoms with Gasteiger partial charge in [-0.15, -0.1) is 10.2 Å². The Morgan fingerprint density at radius 3 is 2.57 bits per heavy atom. The summed E-state index contributed by atoms with van der Waals surface area (Å²) in [6.07, 6.45) is 0.299. The number of thioether (sulfide) groups is 1. The van der Waals surface area contributed by atoms with Crippen LogP contribution in [0.1, 0.15) is 11.4 Å². The van der Waals surface area contributed by atoms with Crippen LogP contribution in [-0.2, 0) is 29.6 Å². The summed E-state index contributed by atoms with van der Waals surface area (Å²) in [5.74, 6) is 0.397. The standard InChI is InChI=1S/C20H19Cl2N5O2S/c1-27-17(11-23-18(28)9-13-5-3-2-4-6-13)25-26-20(27)30-12-19(29)24-16-8-7-14(21)10-15(16)22/h2-8,10H,9,11-12H2,1H3,(H,23,28)(H,24,29). The molecule has 0 unspecified atom stereocenters. The number of hydrogen-bond donors (Lipinski definition) is 2. The summed E-state index contributed by atoms with van der Waals surface area (Å²) in [6, 6.07) is 14.4. The summed E-state index contributed by atoms with van der Waals surface area (Å²) >= 11 is 13.2. The van der Waals surface area contributed by atoms with Crippen LogP contribution in [0, 0.1) is 0 Å². The zero-order valence-corrected chi connectivity index (χ0v) is 18.4. The molecule has 30 heavy (non-hydrogen) atoms. The number of benzene rings is 2. The Bertz CT molecular complexity index is 1040. The smallest absolute Gasteiger partial charge is 0.234 e. The molecule has 1 aromatic heterocycles. The highest BCUT2D eigenvalue weighted by molar-refractivity contribution is 7.99. The van der Waals surface area contributed by atoms with E-state index in [2.05, 4.69) is 20.8 Å². The molecule has 0 atom stereocenters. The first kappa shape index (κ1) is 22.1. The zero-order valence-electron chi connectivity index (χ0n) is 16.1. The van der Waals surface area contributed by atoms with Gasteiger partial charge in [0.15, 0.2) is 11.0 Å². The van der Waals surface area contributed by atoms with Crippen LogP contribution in [0.25, 0.3) is 0 Å². The van der Waals surface area contributed by atoms with Crippen LogP contribution in [0.4, 0.5) is 5.69 Å². The van der Waals surface area contributed by atoms with Gasteiger partial charge in [-0.2, -0.15) is 0 Å². The molecule has 0 aliphatic carbocycles. The van der Waals surface area contributed by atoms with Crippen molar-refractivity contribution >= 4 is 52.5 Å². The van der Waals surface area contributed by atoms with Crippen molar-refractivity contribution < 1.29 is 9.59 Å². The normalized spacial score (nSPS) is 10.6. The van der Waals surface area contributed by atoms with E-state index in [4.69, 9.17) is 23.2 Å². The lowest BCUT2D eigenvalue weighted by atomic mass is 10.1. The molecule has 2 N–H and O–H groups in total. The van der Waals surface area contributed by atoms with E-state index in [0.29, 0.717) is 33.1 Å². The van der Waals surface area contributed by atoms with Crippen molar-refractivity contribution in [2.24, 2.45) is 7.05 Å². The van der Waals surface area contributed by atoms with E-state index in [9.17, 15) is 9.59 Å². The van der Waals surface area contributed by atoms with Gasteiger partial charge in [-0.05, 0) is 23.8 Å². The van der Waals surface area contributed by atoms with Gasteiger partial charge in [-0.25, -0.2) is 0 Å². The number of hydrogen-bond acceptors (Lipinski definition) is 5. The molecule has 0 spiro atoms. The molecule has 3 aromatic rings. The van der Waals surface area contributed by atoms with Crippen molar-refractivity contribution in [3.63, 3.8) is 0 Å². The van der Waals surface area contributed by atoms with Crippen LogP contribution in [0.15, 0.2) is 53.7 Å². The number of halogens is 2. The molecule has 2 amide bonds. The maximum Gasteiger partial charge on any atom is 0.234 e. The number of rotatable bonds is 8. The van der Waals surface area contributed by atoms with Crippen LogP contribution in [0.2, 0.25) is 10.0 Å². The molecule has 2 aromatic carbocycles. The topological polar surface area (TPSA) is 88.9 Å². The van der Waals surface area contributed by atoms with Gasteiger partial charge >= 0.3 is 0 Å². The molecule has 0 radical (unpaired) electrons. The summed E-state index contributed by atoms with van der Waals surface area (Å²) in [4.78, 5) is 24.3. The molecule has 0 bridgehead atoms. The van der Waals surface area contributed by atoms with Crippen molar-refractivity contribution in [3.8, 4) is 0 Å². The highest BCUT2D eigenvalue weighted by Gasteiger charge is 2.13. The minimum atomic E-state index is -0.232. The molecule has 7 nitrogen and oxygen atoms in total. The van der Waals surface area contributed by atoms with Gasteiger partial charge in [0.05, 0.1) is 29.4 Å². The van der Waals surface area contributed by atoms with Gasteiger partial charge < -0.3 is 15.2 Å². The van der Waals surface area contributed by atoms with Crippen LogP contribution < -0.4 is 10.6 Å². The second kappa shape index (κ2) is 10.5. The molecule has 0 saturated heterocycles. The number of anilines is 1. The average molecular weight is 464 g/mol. The van der Waals surface area contributed by atoms with E-state index in [0.717, 1.165) is 5.56 Å². The van der Waals surface area contributed by atoms with Gasteiger partial charge in [0, 0.05) is 12.1 Å². The van der Waals surface area contributed by atoms with E-state index in [1.54, 1.807) is 29.8 Å². The minimum Gasteiger partial charge on any atom is -0.349 e. The van der Waals surface area contributed by atoms with Crippen molar-refractivity contribution in [2.45, 2.75) is 18.1 Å². The number of carbonyl (C=O) groups is 2. The number of aromatic nitrogens is 3. The predicted octanol–water partition coefficient (Wildman–Crippen LogP) is 3.71. The van der Waals surface area contributed by atoms with Gasteiger partial charge in [0.25, 0.3) is 0 Å². The Balaban J connectivity index is 1.48. The lowest BCUT2D eigenvalue weighted by molar-refractivity contribution is -0.120. The first-order valence-corrected chi connectivity index (χ1v) is 10.7. The fourth-order valence-corrected chi connectivity index (χ4v) is 3.74. The van der Waals surface area contributed by atoms with E-state index >= 15 is 0 Å². The molecular weight excluding hydrogens is 445 g/mol. The minimum absolute atomic E-state index is 0.0994. The number of amides is 2. The van der Waals surface area contributed by atoms with Crippen molar-refractivity contribution in [3.05, 3.63) is 70.0 Å². The van der Waals surface area contributed by atoms with Gasteiger partial charge in [0.1, 0.15) is 0 Å².